The lowest BCUT2D eigenvalue weighted by molar-refractivity contribution is -0.129. The first-order valence-corrected chi connectivity index (χ1v) is 7.03. The van der Waals surface area contributed by atoms with E-state index in [2.05, 4.69) is 17.2 Å². The molecule has 0 aliphatic heterocycles. The molecule has 0 heterocycles. The quantitative estimate of drug-likeness (QED) is 0.323. The first-order valence-electron chi connectivity index (χ1n) is 7.03. The number of methoxy groups -OCH3 is 1. The molecule has 7 heteroatoms. The van der Waals surface area contributed by atoms with E-state index >= 15 is 0 Å². The second-order valence-corrected chi connectivity index (χ2v) is 4.74. The molecule has 0 aliphatic carbocycles. The molecule has 0 bridgehead atoms. The van der Waals surface area contributed by atoms with Crippen molar-refractivity contribution in [1.82, 2.24) is 10.8 Å². The minimum absolute atomic E-state index is 0.00394. The van der Waals surface area contributed by atoms with Gasteiger partial charge in [0.15, 0.2) is 0 Å². The van der Waals surface area contributed by atoms with Gasteiger partial charge in [-0.2, -0.15) is 0 Å². The van der Waals surface area contributed by atoms with E-state index < -0.39 is 11.9 Å². The summed E-state index contributed by atoms with van der Waals surface area (Å²) in [5.74, 6) is 4.77. The van der Waals surface area contributed by atoms with Crippen LogP contribution in [0.1, 0.15) is 28.8 Å². The highest BCUT2D eigenvalue weighted by Gasteiger charge is 2.14. The maximum atomic E-state index is 12.1. The number of hydrogen-bond acceptors (Lipinski definition) is 5. The third kappa shape index (κ3) is 6.93. The van der Waals surface area contributed by atoms with E-state index in [0.717, 1.165) is 5.56 Å². The highest BCUT2D eigenvalue weighted by molar-refractivity contribution is 5.94. The van der Waals surface area contributed by atoms with Crippen molar-refractivity contribution in [3.63, 3.8) is 0 Å². The largest absolute Gasteiger partial charge is 0.394 e. The van der Waals surface area contributed by atoms with E-state index in [9.17, 15) is 14.7 Å². The van der Waals surface area contributed by atoms with Crippen molar-refractivity contribution in [1.29, 1.82) is 0 Å². The Bertz CT molecular complexity index is 574. The van der Waals surface area contributed by atoms with E-state index in [0.29, 0.717) is 12.2 Å². The molecule has 1 aromatic carbocycles. The summed E-state index contributed by atoms with van der Waals surface area (Å²) in [6.07, 6.45) is 0.214. The summed E-state index contributed by atoms with van der Waals surface area (Å²) in [6.45, 7) is 0.0346. The van der Waals surface area contributed by atoms with Gasteiger partial charge in [-0.25, -0.2) is 5.48 Å². The molecule has 1 rings (SSSR count). The summed E-state index contributed by atoms with van der Waals surface area (Å²) in [4.78, 5) is 23.0. The van der Waals surface area contributed by atoms with Gasteiger partial charge in [-0.1, -0.05) is 11.8 Å². The Morgan fingerprint density at radius 3 is 2.57 bits per heavy atom. The maximum Gasteiger partial charge on any atom is 0.251 e. The summed E-state index contributed by atoms with van der Waals surface area (Å²) in [6, 6.07) is 6.11. The van der Waals surface area contributed by atoms with Crippen LogP contribution in [0.5, 0.6) is 0 Å². The second-order valence-electron chi connectivity index (χ2n) is 4.74. The van der Waals surface area contributed by atoms with Gasteiger partial charge in [-0.3, -0.25) is 14.8 Å². The van der Waals surface area contributed by atoms with Crippen LogP contribution in [0.15, 0.2) is 24.3 Å². The van der Waals surface area contributed by atoms with E-state index in [1.807, 2.05) is 0 Å². The number of benzene rings is 1. The van der Waals surface area contributed by atoms with E-state index in [4.69, 9.17) is 9.94 Å². The second kappa shape index (κ2) is 10.3. The van der Waals surface area contributed by atoms with Gasteiger partial charge in [0.1, 0.15) is 6.61 Å². The Kier molecular flexibility index (Phi) is 8.39. The fourth-order valence-corrected chi connectivity index (χ4v) is 1.75. The molecule has 0 saturated carbocycles. The lowest BCUT2D eigenvalue weighted by atomic mass is 10.1. The summed E-state index contributed by atoms with van der Waals surface area (Å²) in [7, 11) is 1.56. The predicted octanol–water partition coefficient (Wildman–Crippen LogP) is 0.0608. The number of hydroxylamine groups is 1. The standard InChI is InChI=1S/C16H20N2O5/c1-23-10-2-3-12-4-6-13(7-5-12)16(21)17-14(11-19)8-9-15(20)18-22/h4-7,14,19,22H,8-11H2,1H3,(H,17,21)(H,18,20)/t14-/m0/s1. The summed E-state index contributed by atoms with van der Waals surface area (Å²) in [5, 5.41) is 20.3. The highest BCUT2D eigenvalue weighted by atomic mass is 16.5. The molecule has 0 aliphatic rings. The zero-order valence-electron chi connectivity index (χ0n) is 12.8. The number of amides is 2. The third-order valence-corrected chi connectivity index (χ3v) is 3.00. The molecule has 2 amide bonds. The molecule has 0 radical (unpaired) electrons. The first kappa shape index (κ1) is 18.6. The molecule has 4 N–H and O–H groups in total. The summed E-state index contributed by atoms with van der Waals surface area (Å²) >= 11 is 0. The van der Waals surface area contributed by atoms with Crippen LogP contribution in [-0.2, 0) is 9.53 Å². The van der Waals surface area contributed by atoms with E-state index in [-0.39, 0.29) is 25.4 Å². The van der Waals surface area contributed by atoms with Gasteiger partial charge >= 0.3 is 0 Å². The fraction of sp³-hybridized carbons (Fsp3) is 0.375. The molecule has 0 fully saturated rings. The van der Waals surface area contributed by atoms with Gasteiger partial charge in [0.2, 0.25) is 5.91 Å². The zero-order chi connectivity index (χ0) is 17.1. The van der Waals surface area contributed by atoms with Crippen LogP contribution < -0.4 is 10.8 Å². The van der Waals surface area contributed by atoms with Gasteiger partial charge in [0.05, 0.1) is 12.6 Å². The number of rotatable bonds is 7. The van der Waals surface area contributed by atoms with Crippen molar-refractivity contribution in [2.75, 3.05) is 20.3 Å². The average Bonchev–Trinajstić information content (AvgIpc) is 2.58. The van der Waals surface area contributed by atoms with Gasteiger partial charge in [-0.05, 0) is 30.7 Å². The number of nitrogens with one attached hydrogen (secondary N) is 2. The van der Waals surface area contributed by atoms with Crippen molar-refractivity contribution in [3.8, 4) is 11.8 Å². The number of aliphatic hydroxyl groups is 1. The fourth-order valence-electron chi connectivity index (χ4n) is 1.75. The van der Waals surface area contributed by atoms with E-state index in [1.165, 1.54) is 5.48 Å². The topological polar surface area (TPSA) is 108 Å². The summed E-state index contributed by atoms with van der Waals surface area (Å²) < 4.78 is 4.82. The highest BCUT2D eigenvalue weighted by Crippen LogP contribution is 2.05. The SMILES string of the molecule is COCC#Cc1ccc(C(=O)N[C@H](CO)CCC(=O)NO)cc1. The molecule has 23 heavy (non-hydrogen) atoms. The van der Waals surface area contributed by atoms with Crippen LogP contribution in [0, 0.1) is 11.8 Å². The van der Waals surface area contributed by atoms with Crippen molar-refractivity contribution in [2.45, 2.75) is 18.9 Å². The molecular formula is C16H20N2O5. The van der Waals surface area contributed by atoms with Crippen molar-refractivity contribution < 1.29 is 24.6 Å². The third-order valence-electron chi connectivity index (χ3n) is 3.00. The molecule has 1 aromatic rings. The van der Waals surface area contributed by atoms with Crippen LogP contribution in [0.3, 0.4) is 0 Å². The monoisotopic (exact) mass is 320 g/mol. The van der Waals surface area contributed by atoms with Gasteiger partial charge < -0.3 is 15.2 Å². The number of aliphatic hydroxyl groups excluding tert-OH is 1. The van der Waals surface area contributed by atoms with Crippen LogP contribution in [0.2, 0.25) is 0 Å². The number of ether oxygens (including phenoxy) is 1. The van der Waals surface area contributed by atoms with Crippen molar-refractivity contribution in [3.05, 3.63) is 35.4 Å². The zero-order valence-corrected chi connectivity index (χ0v) is 12.8. The molecule has 0 saturated heterocycles. The lowest BCUT2D eigenvalue weighted by Gasteiger charge is -2.15. The van der Waals surface area contributed by atoms with Crippen LogP contribution >= 0.6 is 0 Å². The van der Waals surface area contributed by atoms with Crippen LogP contribution in [0.25, 0.3) is 0 Å². The summed E-state index contributed by atoms with van der Waals surface area (Å²) in [5.41, 5.74) is 2.69. The minimum atomic E-state index is -0.573. The van der Waals surface area contributed by atoms with Gasteiger partial charge in [0.25, 0.3) is 5.91 Å². The molecule has 124 valence electrons. The molecule has 0 aromatic heterocycles. The molecule has 7 nitrogen and oxygen atoms in total. The Hall–Kier alpha value is -2.40. The van der Waals surface area contributed by atoms with Crippen LogP contribution in [-0.4, -0.2) is 48.5 Å². The Balaban J connectivity index is 2.59. The smallest absolute Gasteiger partial charge is 0.251 e. The minimum Gasteiger partial charge on any atom is -0.394 e. The molecule has 0 unspecified atom stereocenters. The van der Waals surface area contributed by atoms with Crippen molar-refractivity contribution >= 4 is 11.8 Å². The number of hydrogen-bond donors (Lipinski definition) is 4. The molecule has 0 spiro atoms. The van der Waals surface area contributed by atoms with Gasteiger partial charge in [-0.15, -0.1) is 0 Å². The normalized spacial score (nSPS) is 11.1. The number of carbonyl (C=O) groups excluding carboxylic acids is 2. The maximum absolute atomic E-state index is 12.1. The van der Waals surface area contributed by atoms with Crippen LogP contribution in [0.4, 0.5) is 0 Å². The first-order chi connectivity index (χ1) is 11.1. The Morgan fingerprint density at radius 2 is 2.00 bits per heavy atom. The van der Waals surface area contributed by atoms with E-state index in [1.54, 1.807) is 31.4 Å². The lowest BCUT2D eigenvalue weighted by Crippen LogP contribution is -2.38. The Labute approximate surface area is 134 Å². The predicted molar refractivity (Wildman–Crippen MR) is 82.7 cm³/mol. The number of carbonyl (C=O) groups is 2. The Morgan fingerprint density at radius 1 is 1.30 bits per heavy atom. The molecular weight excluding hydrogens is 300 g/mol. The van der Waals surface area contributed by atoms with Gasteiger partial charge in [0, 0.05) is 24.7 Å². The van der Waals surface area contributed by atoms with Crippen molar-refractivity contribution in [2.24, 2.45) is 0 Å². The molecule has 1 atom stereocenters. The average molecular weight is 320 g/mol.